The van der Waals surface area contributed by atoms with Crippen molar-refractivity contribution < 1.29 is 42.9 Å². The number of hydrogen-bond acceptors (Lipinski definition) is 9. The van der Waals surface area contributed by atoms with Crippen LogP contribution in [0.15, 0.2) is 0 Å². The second kappa shape index (κ2) is 7.91. The zero-order chi connectivity index (χ0) is 13.3. The van der Waals surface area contributed by atoms with E-state index in [0.717, 1.165) is 0 Å². The average molecular weight is 250 g/mol. The molecule has 0 atom stereocenters. The molecule has 0 aliphatic heterocycles. The molecule has 96 valence electrons. The van der Waals surface area contributed by atoms with Gasteiger partial charge in [0, 0.05) is 0 Å². The van der Waals surface area contributed by atoms with Gasteiger partial charge in [0.25, 0.3) is 0 Å². The van der Waals surface area contributed by atoms with Gasteiger partial charge in [0.15, 0.2) is 0 Å². The van der Waals surface area contributed by atoms with Crippen molar-refractivity contribution in [3.63, 3.8) is 0 Å². The molecule has 0 unspecified atom stereocenters. The fourth-order valence-electron chi connectivity index (χ4n) is 0.540. The predicted molar refractivity (Wildman–Crippen MR) is 48.1 cm³/mol. The summed E-state index contributed by atoms with van der Waals surface area (Å²) < 4.78 is 19.8. The molecule has 0 aromatic heterocycles. The van der Waals surface area contributed by atoms with Gasteiger partial charge in [-0.3, -0.25) is 0 Å². The molecule has 0 aliphatic rings. The molecule has 0 amide bonds. The maximum atomic E-state index is 10.7. The third kappa shape index (κ3) is 7.59. The first-order valence-corrected chi connectivity index (χ1v) is 4.44. The van der Waals surface area contributed by atoms with E-state index in [1.807, 2.05) is 0 Å². The van der Waals surface area contributed by atoms with Crippen LogP contribution < -0.4 is 0 Å². The third-order valence-corrected chi connectivity index (χ3v) is 1.02. The van der Waals surface area contributed by atoms with Crippen LogP contribution in [0.5, 0.6) is 0 Å². The van der Waals surface area contributed by atoms with Gasteiger partial charge in [0.2, 0.25) is 0 Å². The molecule has 0 saturated carbocycles. The van der Waals surface area contributed by atoms with Crippen LogP contribution in [-0.4, -0.2) is 37.8 Å². The van der Waals surface area contributed by atoms with Crippen molar-refractivity contribution in [1.29, 1.82) is 0 Å². The monoisotopic (exact) mass is 250 g/mol. The lowest BCUT2D eigenvalue weighted by atomic mass is 10.9. The van der Waals surface area contributed by atoms with Crippen LogP contribution >= 0.6 is 0 Å². The van der Waals surface area contributed by atoms with Crippen LogP contribution in [0.2, 0.25) is 0 Å². The standard InChI is InChI=1S/C8H10O9/c1-3-13-5(9)15-7(11)17-8(12)16-6(10)14-4-2/h3-4H2,1-2H3. The molecular weight excluding hydrogens is 240 g/mol. The lowest BCUT2D eigenvalue weighted by Gasteiger charge is -2.03. The summed E-state index contributed by atoms with van der Waals surface area (Å²) in [6.45, 7) is 2.89. The Bertz CT molecular complexity index is 278. The average Bonchev–Trinajstić information content (AvgIpc) is 2.16. The normalized spacial score (nSPS) is 8.82. The Hall–Kier alpha value is -2.32. The fraction of sp³-hybridized carbons (Fsp3) is 0.500. The van der Waals surface area contributed by atoms with Crippen molar-refractivity contribution in [3.8, 4) is 0 Å². The zero-order valence-corrected chi connectivity index (χ0v) is 9.09. The lowest BCUT2D eigenvalue weighted by molar-refractivity contribution is 0.0261. The number of ether oxygens (including phenoxy) is 5. The van der Waals surface area contributed by atoms with Gasteiger partial charge in [-0.05, 0) is 13.8 Å². The number of carbonyl (C=O) groups excluding carboxylic acids is 4. The fourth-order valence-corrected chi connectivity index (χ4v) is 0.540. The Morgan fingerprint density at radius 2 is 0.941 bits per heavy atom. The van der Waals surface area contributed by atoms with E-state index in [1.54, 1.807) is 0 Å². The van der Waals surface area contributed by atoms with Gasteiger partial charge in [0.1, 0.15) is 0 Å². The van der Waals surface area contributed by atoms with Crippen molar-refractivity contribution >= 4 is 24.6 Å². The maximum absolute atomic E-state index is 10.7. The van der Waals surface area contributed by atoms with Crippen LogP contribution in [0.1, 0.15) is 13.8 Å². The highest BCUT2D eigenvalue weighted by Gasteiger charge is 2.21. The van der Waals surface area contributed by atoms with Crippen molar-refractivity contribution in [2.45, 2.75) is 13.8 Å². The molecule has 17 heavy (non-hydrogen) atoms. The molecule has 0 aromatic carbocycles. The van der Waals surface area contributed by atoms with E-state index >= 15 is 0 Å². The molecule has 0 bridgehead atoms. The minimum atomic E-state index is -1.68. The summed E-state index contributed by atoms with van der Waals surface area (Å²) in [5, 5.41) is 0. The SMILES string of the molecule is CCOC(=O)OC(=O)OC(=O)OC(=O)OCC. The zero-order valence-electron chi connectivity index (χ0n) is 9.09. The van der Waals surface area contributed by atoms with E-state index in [4.69, 9.17) is 0 Å². The van der Waals surface area contributed by atoms with Crippen molar-refractivity contribution in [1.82, 2.24) is 0 Å². The van der Waals surface area contributed by atoms with Crippen LogP contribution in [0.3, 0.4) is 0 Å². The topological polar surface area (TPSA) is 114 Å². The van der Waals surface area contributed by atoms with Gasteiger partial charge < -0.3 is 23.7 Å². The second-order valence-corrected chi connectivity index (χ2v) is 2.17. The van der Waals surface area contributed by atoms with E-state index in [-0.39, 0.29) is 13.2 Å². The number of hydrogen-bond donors (Lipinski definition) is 0. The summed E-state index contributed by atoms with van der Waals surface area (Å²) in [4.78, 5) is 42.5. The Kier molecular flexibility index (Phi) is 6.83. The molecule has 9 heteroatoms. The lowest BCUT2D eigenvalue weighted by Crippen LogP contribution is -2.21. The second-order valence-electron chi connectivity index (χ2n) is 2.17. The first kappa shape index (κ1) is 14.7. The maximum Gasteiger partial charge on any atom is 0.528 e. The summed E-state index contributed by atoms with van der Waals surface area (Å²) in [6.07, 6.45) is -6.06. The summed E-state index contributed by atoms with van der Waals surface area (Å²) in [7, 11) is 0. The van der Waals surface area contributed by atoms with Crippen LogP contribution in [-0.2, 0) is 23.7 Å². The summed E-state index contributed by atoms with van der Waals surface area (Å²) in [5.41, 5.74) is 0. The number of carbonyl (C=O) groups is 4. The van der Waals surface area contributed by atoms with E-state index < -0.39 is 24.6 Å². The minimum Gasteiger partial charge on any atom is -0.434 e. The van der Waals surface area contributed by atoms with Crippen molar-refractivity contribution in [2.24, 2.45) is 0 Å². The van der Waals surface area contributed by atoms with Gasteiger partial charge in [-0.15, -0.1) is 0 Å². The predicted octanol–water partition coefficient (Wildman–Crippen LogP) is 1.59. The van der Waals surface area contributed by atoms with Crippen LogP contribution in [0.25, 0.3) is 0 Å². The van der Waals surface area contributed by atoms with Crippen molar-refractivity contribution in [2.75, 3.05) is 13.2 Å². The first-order valence-electron chi connectivity index (χ1n) is 4.44. The van der Waals surface area contributed by atoms with Crippen LogP contribution in [0, 0.1) is 0 Å². The number of rotatable bonds is 2. The van der Waals surface area contributed by atoms with E-state index in [0.29, 0.717) is 0 Å². The molecule has 0 heterocycles. The molecule has 9 nitrogen and oxygen atoms in total. The van der Waals surface area contributed by atoms with Gasteiger partial charge >= 0.3 is 24.6 Å². The Morgan fingerprint density at radius 3 is 1.24 bits per heavy atom. The van der Waals surface area contributed by atoms with Gasteiger partial charge in [-0.1, -0.05) is 0 Å². The van der Waals surface area contributed by atoms with E-state index in [9.17, 15) is 19.2 Å². The van der Waals surface area contributed by atoms with Gasteiger partial charge in [-0.25, -0.2) is 19.2 Å². The Balaban J connectivity index is 3.92. The first-order chi connectivity index (χ1) is 7.99. The molecule has 0 aromatic rings. The molecule has 0 N–H and O–H groups in total. The van der Waals surface area contributed by atoms with Crippen molar-refractivity contribution in [3.05, 3.63) is 0 Å². The molecule has 0 aliphatic carbocycles. The van der Waals surface area contributed by atoms with Crippen LogP contribution in [0.4, 0.5) is 19.2 Å². The molecule has 0 radical (unpaired) electrons. The molecular formula is C8H10O9. The smallest absolute Gasteiger partial charge is 0.434 e. The third-order valence-electron chi connectivity index (χ3n) is 1.02. The summed E-state index contributed by atoms with van der Waals surface area (Å²) in [6, 6.07) is 0. The summed E-state index contributed by atoms with van der Waals surface area (Å²) in [5.74, 6) is 0. The van der Waals surface area contributed by atoms with Gasteiger partial charge in [0.05, 0.1) is 13.2 Å². The quantitative estimate of drug-likeness (QED) is 0.409. The molecule has 0 fully saturated rings. The highest BCUT2D eigenvalue weighted by Crippen LogP contribution is 1.95. The largest absolute Gasteiger partial charge is 0.528 e. The highest BCUT2D eigenvalue weighted by atomic mass is 16.9. The summed E-state index contributed by atoms with van der Waals surface area (Å²) >= 11 is 0. The molecule has 0 saturated heterocycles. The molecule has 0 spiro atoms. The minimum absolute atomic E-state index is 0.0284. The Morgan fingerprint density at radius 1 is 0.647 bits per heavy atom. The molecule has 0 rings (SSSR count). The van der Waals surface area contributed by atoms with E-state index in [2.05, 4.69) is 23.7 Å². The Labute approximate surface area is 95.5 Å². The highest BCUT2D eigenvalue weighted by molar-refractivity contribution is 5.87. The van der Waals surface area contributed by atoms with Gasteiger partial charge in [-0.2, -0.15) is 0 Å². The van der Waals surface area contributed by atoms with E-state index in [1.165, 1.54) is 13.8 Å².